The smallest absolute Gasteiger partial charge is 0.164 e. The number of aromatic nitrogens is 12. The van der Waals surface area contributed by atoms with Gasteiger partial charge in [0.25, 0.3) is 0 Å². The maximum Gasteiger partial charge on any atom is 0.164 e. The van der Waals surface area contributed by atoms with E-state index in [1.807, 2.05) is 119 Å². The van der Waals surface area contributed by atoms with E-state index in [0.29, 0.717) is 52.4 Å². The molecule has 0 fully saturated rings. The number of thiazole rings is 3. The van der Waals surface area contributed by atoms with Gasteiger partial charge in [0.1, 0.15) is 14.5 Å². The number of rotatable bonds is 17. The predicted octanol–water partition coefficient (Wildman–Crippen LogP) is 35.8. The van der Waals surface area contributed by atoms with Crippen LogP contribution < -0.4 is 0 Å². The molecular weight excluding hydrogens is 1890 g/mol. The van der Waals surface area contributed by atoms with Crippen molar-refractivity contribution < 1.29 is 0 Å². The summed E-state index contributed by atoms with van der Waals surface area (Å²) < 4.78 is 11.0. The third-order valence-corrected chi connectivity index (χ3v) is 31.2. The van der Waals surface area contributed by atoms with E-state index in [1.165, 1.54) is 100 Å². The standard InChI is InChI=1S/2C47H30N4S.C41H26N4S/c1-3-14-31(15-4-1)33-18-11-21-36(28-33)44-48-45(37-22-12-19-34(29-37)32-16-5-2-6-17-32)50-46(49-44)38-23-13-20-35(30-38)43-39-24-7-8-25-40(39)51-41-26-9-10-27-42(41)52-47(43)51;1-3-13-31(14-4-1)35-17-11-19-37(29-35)45-48-44(49-46(50-45)38-20-12-18-36(30-38)32-15-5-2-6-16-32)34-27-25-33(26-28-34)43-39-21-7-8-22-40(39)51-41-23-9-10-24-42(41)52-47(43)51;1-3-11-30(12-4-1)38-42-39(31-13-5-2-6-14-31)44-40(43-38)32-25-21-28(22-26-32)27-19-23-29(24-20-27)37-33-15-7-8-16-34(33)45-35-17-9-10-18-36(35)46-41(37)45/h2*1-30H;1-26H. The van der Waals surface area contributed by atoms with E-state index in [0.717, 1.165) is 117 Å². The summed E-state index contributed by atoms with van der Waals surface area (Å²) in [6.45, 7) is 0. The van der Waals surface area contributed by atoms with Crippen molar-refractivity contribution in [1.29, 1.82) is 0 Å². The molecule has 0 saturated heterocycles. The Hall–Kier alpha value is -19.3. The summed E-state index contributed by atoms with van der Waals surface area (Å²) in [7, 11) is 0. The van der Waals surface area contributed by atoms with Crippen molar-refractivity contribution in [2.75, 3.05) is 0 Å². The van der Waals surface area contributed by atoms with Gasteiger partial charge >= 0.3 is 0 Å². The highest BCUT2D eigenvalue weighted by molar-refractivity contribution is 7.25. The van der Waals surface area contributed by atoms with Crippen molar-refractivity contribution in [2.45, 2.75) is 0 Å². The van der Waals surface area contributed by atoms with Crippen molar-refractivity contribution in [3.05, 3.63) is 522 Å². The number of para-hydroxylation sites is 6. The molecule has 0 aliphatic carbocycles. The quantitative estimate of drug-likeness (QED) is 0.0875. The van der Waals surface area contributed by atoms with Crippen LogP contribution in [0.1, 0.15) is 0 Å². The fraction of sp³-hybridized carbons (Fsp3) is 0. The van der Waals surface area contributed by atoms with Crippen LogP contribution in [0.4, 0.5) is 0 Å². The van der Waals surface area contributed by atoms with Crippen LogP contribution in [0, 0.1) is 0 Å². The van der Waals surface area contributed by atoms with Gasteiger partial charge in [-0.3, -0.25) is 13.2 Å². The molecule has 0 atom stereocenters. The van der Waals surface area contributed by atoms with Crippen LogP contribution in [0.2, 0.25) is 0 Å². The molecule has 0 N–H and O–H groups in total. The van der Waals surface area contributed by atoms with Crippen LogP contribution >= 0.6 is 34.0 Å². The lowest BCUT2D eigenvalue weighted by atomic mass is 9.99. The predicted molar refractivity (Wildman–Crippen MR) is 623 cm³/mol. The zero-order valence-electron chi connectivity index (χ0n) is 80.7. The molecule has 0 saturated carbocycles. The first-order chi connectivity index (χ1) is 74.3. The van der Waals surface area contributed by atoms with E-state index in [-0.39, 0.29) is 0 Å². The largest absolute Gasteiger partial charge is 0.299 e. The van der Waals surface area contributed by atoms with Crippen LogP contribution in [-0.2, 0) is 0 Å². The van der Waals surface area contributed by atoms with Crippen LogP contribution in [0.25, 0.3) is 269 Å². The van der Waals surface area contributed by atoms with E-state index < -0.39 is 0 Å². The first-order valence-corrected chi connectivity index (χ1v) is 52.5. The molecule has 0 unspecified atom stereocenters. The van der Waals surface area contributed by atoms with Gasteiger partial charge in [0.05, 0.1) is 47.2 Å². The molecule has 15 heteroatoms. The Morgan fingerprint density at radius 3 is 0.553 bits per heavy atom. The zero-order chi connectivity index (χ0) is 99.3. The van der Waals surface area contributed by atoms with Gasteiger partial charge < -0.3 is 0 Å². The molecule has 29 rings (SSSR count). The summed E-state index contributed by atoms with van der Waals surface area (Å²) in [6, 6.07) is 182. The summed E-state index contributed by atoms with van der Waals surface area (Å²) in [5, 5.41) is 3.75. The molecule has 20 aromatic carbocycles. The molecule has 9 heterocycles. The van der Waals surface area contributed by atoms with Crippen molar-refractivity contribution in [1.82, 2.24) is 58.1 Å². The number of benzene rings is 20. The highest BCUT2D eigenvalue weighted by Gasteiger charge is 2.26. The highest BCUT2D eigenvalue weighted by Crippen LogP contribution is 2.48. The molecule has 0 spiro atoms. The van der Waals surface area contributed by atoms with Crippen molar-refractivity contribution in [3.63, 3.8) is 0 Å². The van der Waals surface area contributed by atoms with Gasteiger partial charge in [-0.2, -0.15) is 0 Å². The second kappa shape index (κ2) is 39.0. The molecule has 704 valence electrons. The minimum absolute atomic E-state index is 0.633. The summed E-state index contributed by atoms with van der Waals surface area (Å²) >= 11 is 5.52. The minimum atomic E-state index is 0.633. The maximum atomic E-state index is 5.17. The lowest BCUT2D eigenvalue weighted by Gasteiger charge is -2.11. The Kier molecular flexibility index (Phi) is 23.3. The highest BCUT2D eigenvalue weighted by atomic mass is 32.1. The van der Waals surface area contributed by atoms with E-state index in [1.54, 1.807) is 0 Å². The first-order valence-electron chi connectivity index (χ1n) is 50.0. The second-order valence-electron chi connectivity index (χ2n) is 37.1. The third-order valence-electron chi connectivity index (χ3n) is 27.8. The molecule has 9 aromatic heterocycles. The Morgan fingerprint density at radius 1 is 0.120 bits per heavy atom. The summed E-state index contributed by atoms with van der Waals surface area (Å²) in [6.07, 6.45) is 0. The number of hydrogen-bond acceptors (Lipinski definition) is 12. The molecule has 0 amide bonds. The van der Waals surface area contributed by atoms with Crippen LogP contribution in [0.3, 0.4) is 0 Å². The first kappa shape index (κ1) is 89.5. The van der Waals surface area contributed by atoms with E-state index in [2.05, 4.69) is 450 Å². The Balaban J connectivity index is 0.000000111. The molecule has 0 aliphatic heterocycles. The van der Waals surface area contributed by atoms with Crippen LogP contribution in [0.5, 0.6) is 0 Å². The van der Waals surface area contributed by atoms with Gasteiger partial charge in [0.15, 0.2) is 52.4 Å². The summed E-state index contributed by atoms with van der Waals surface area (Å²) in [4.78, 5) is 49.1. The topological polar surface area (TPSA) is 129 Å². The van der Waals surface area contributed by atoms with Gasteiger partial charge in [-0.05, 0) is 157 Å². The normalized spacial score (nSPS) is 11.5. The van der Waals surface area contributed by atoms with Gasteiger partial charge in [-0.1, -0.05) is 437 Å². The minimum Gasteiger partial charge on any atom is -0.299 e. The second-order valence-corrected chi connectivity index (χ2v) is 40.2. The fourth-order valence-electron chi connectivity index (χ4n) is 20.6. The molecule has 0 bridgehead atoms. The Bertz CT molecular complexity index is 9870. The lowest BCUT2D eigenvalue weighted by molar-refractivity contribution is 1.07. The van der Waals surface area contributed by atoms with Gasteiger partial charge in [0, 0.05) is 82.9 Å². The van der Waals surface area contributed by atoms with Crippen LogP contribution in [0.15, 0.2) is 522 Å². The number of nitrogens with zero attached hydrogens (tertiary/aromatic N) is 12. The fourth-order valence-corrected chi connectivity index (χ4v) is 24.3. The number of hydrogen-bond donors (Lipinski definition) is 0. The average Bonchev–Trinajstić information content (AvgIpc) is 1.57. The maximum absolute atomic E-state index is 5.17. The van der Waals surface area contributed by atoms with E-state index >= 15 is 0 Å². The monoisotopic (exact) mass is 1970 g/mol. The van der Waals surface area contributed by atoms with E-state index in [9.17, 15) is 0 Å². The molecule has 0 radical (unpaired) electrons. The van der Waals surface area contributed by atoms with Gasteiger partial charge in [-0.25, -0.2) is 44.9 Å². The van der Waals surface area contributed by atoms with E-state index in [4.69, 9.17) is 44.9 Å². The summed E-state index contributed by atoms with van der Waals surface area (Å²) in [5.41, 5.74) is 34.5. The van der Waals surface area contributed by atoms with Crippen molar-refractivity contribution >= 4 is 112 Å². The SMILES string of the molecule is c1ccc(-c2cccc(-c3nc(-c4ccc(-c5c6ccccc6n6c5sc5ccccc56)cc4)nc(-c4cccc(-c5ccccc5)c4)n3)c2)cc1.c1ccc(-c2cccc(-c3nc(-c4cccc(-c5ccccc5)c4)nc(-c4cccc(-c5c6ccccc6n6c5sc5ccccc56)c4)n3)c2)cc1.c1ccc(-c2nc(-c3ccccc3)nc(-c3ccc(-c4ccc(-c5c6ccccc6n6c5sc5ccccc56)cc4)cc3)n2)cc1. The molecule has 29 aromatic rings. The molecule has 150 heavy (non-hydrogen) atoms. The average molecular weight is 1970 g/mol. The Labute approximate surface area is 876 Å². The van der Waals surface area contributed by atoms with Crippen LogP contribution in [-0.4, -0.2) is 58.1 Å². The molecule has 0 aliphatic rings. The molecule has 12 nitrogen and oxygen atoms in total. The van der Waals surface area contributed by atoms with Crippen molar-refractivity contribution in [3.8, 4) is 192 Å². The van der Waals surface area contributed by atoms with Crippen molar-refractivity contribution in [2.24, 2.45) is 0 Å². The third kappa shape index (κ3) is 17.1. The Morgan fingerprint density at radius 2 is 0.287 bits per heavy atom. The zero-order valence-corrected chi connectivity index (χ0v) is 83.2. The molecular formula is C135H86N12S3. The van der Waals surface area contributed by atoms with Gasteiger partial charge in [0.2, 0.25) is 0 Å². The van der Waals surface area contributed by atoms with Gasteiger partial charge in [-0.15, -0.1) is 34.0 Å². The summed E-state index contributed by atoms with van der Waals surface area (Å²) in [5.74, 6) is 5.79. The lowest BCUT2D eigenvalue weighted by Crippen LogP contribution is -2.00. The number of fused-ring (bicyclic) bond motifs is 15.